The second-order valence-corrected chi connectivity index (χ2v) is 8.20. The predicted molar refractivity (Wildman–Crippen MR) is 93.3 cm³/mol. The zero-order chi connectivity index (χ0) is 15.7. The molecule has 0 unspecified atom stereocenters. The Morgan fingerprint density at radius 3 is 1.73 bits per heavy atom. The minimum Gasteiger partial charge on any atom is -0.224 e. The van der Waals surface area contributed by atoms with E-state index in [-0.39, 0.29) is 0 Å². The van der Waals surface area contributed by atoms with Crippen LogP contribution in [0.3, 0.4) is 0 Å². The van der Waals surface area contributed by atoms with Crippen molar-refractivity contribution in [2.75, 3.05) is 6.26 Å². The van der Waals surface area contributed by atoms with E-state index in [0.717, 1.165) is 22.3 Å². The molecule has 5 heteroatoms. The highest BCUT2D eigenvalue weighted by atomic mass is 35.5. The number of rotatable bonds is 3. The Bertz CT molecular complexity index is 893. The summed E-state index contributed by atoms with van der Waals surface area (Å²) in [5.74, 6) is 0. The first-order chi connectivity index (χ1) is 10.4. The zero-order valence-corrected chi connectivity index (χ0v) is 14.2. The van der Waals surface area contributed by atoms with E-state index in [1.807, 2.05) is 36.4 Å². The van der Waals surface area contributed by atoms with Crippen LogP contribution in [0.4, 0.5) is 0 Å². The topological polar surface area (TPSA) is 34.1 Å². The number of halogens is 1. The maximum Gasteiger partial charge on any atom is 0.175 e. The van der Waals surface area contributed by atoms with Gasteiger partial charge in [-0.3, -0.25) is 0 Å². The first-order valence-electron chi connectivity index (χ1n) is 6.58. The highest BCUT2D eigenvalue weighted by molar-refractivity contribution is 7.90. The Morgan fingerprint density at radius 1 is 0.818 bits per heavy atom. The molecule has 22 heavy (non-hydrogen) atoms. The molecule has 0 bridgehead atoms. The molecule has 0 aliphatic rings. The Balaban J connectivity index is 2.03. The van der Waals surface area contributed by atoms with Crippen molar-refractivity contribution in [3.05, 3.63) is 64.3 Å². The average Bonchev–Trinajstić information content (AvgIpc) is 2.97. The molecular formula is C17H13ClO2S2. The van der Waals surface area contributed by atoms with Crippen molar-refractivity contribution in [2.24, 2.45) is 0 Å². The molecule has 2 nitrogen and oxygen atoms in total. The van der Waals surface area contributed by atoms with Gasteiger partial charge in [-0.2, -0.15) is 11.3 Å². The molecule has 0 amide bonds. The van der Waals surface area contributed by atoms with E-state index in [1.54, 1.807) is 23.5 Å². The van der Waals surface area contributed by atoms with Crippen LogP contribution >= 0.6 is 22.9 Å². The van der Waals surface area contributed by atoms with Crippen LogP contribution in [-0.2, 0) is 9.84 Å². The summed E-state index contributed by atoms with van der Waals surface area (Å²) >= 11 is 7.55. The molecule has 2 aromatic carbocycles. The third kappa shape index (κ3) is 3.09. The molecule has 0 saturated carbocycles. The third-order valence-electron chi connectivity index (χ3n) is 3.41. The van der Waals surface area contributed by atoms with Crippen molar-refractivity contribution >= 4 is 32.8 Å². The normalized spacial score (nSPS) is 11.5. The van der Waals surface area contributed by atoms with E-state index in [9.17, 15) is 8.42 Å². The van der Waals surface area contributed by atoms with Crippen molar-refractivity contribution < 1.29 is 8.42 Å². The minimum atomic E-state index is -3.17. The lowest BCUT2D eigenvalue weighted by Crippen LogP contribution is -1.96. The lowest BCUT2D eigenvalue weighted by molar-refractivity contribution is 0.602. The standard InChI is InChI=1S/C17H13ClO2S2/c1-22(19,20)15-8-4-13(5-9-15)17-11-21-10-16(17)12-2-6-14(18)7-3-12/h2-11H,1H3. The van der Waals surface area contributed by atoms with Crippen molar-refractivity contribution in [3.8, 4) is 22.3 Å². The summed E-state index contributed by atoms with van der Waals surface area (Å²) in [4.78, 5) is 0.333. The maximum absolute atomic E-state index is 11.5. The van der Waals surface area contributed by atoms with Crippen LogP contribution in [-0.4, -0.2) is 14.7 Å². The molecule has 0 atom stereocenters. The third-order valence-corrected chi connectivity index (χ3v) is 5.53. The molecule has 0 aliphatic carbocycles. The molecule has 0 radical (unpaired) electrons. The number of sulfone groups is 1. The molecule has 0 fully saturated rings. The molecule has 112 valence electrons. The van der Waals surface area contributed by atoms with Crippen LogP contribution < -0.4 is 0 Å². The number of hydrogen-bond acceptors (Lipinski definition) is 3. The van der Waals surface area contributed by atoms with E-state index in [4.69, 9.17) is 11.6 Å². The summed E-state index contributed by atoms with van der Waals surface area (Å²) < 4.78 is 23.1. The summed E-state index contributed by atoms with van der Waals surface area (Å²) in [6.07, 6.45) is 1.21. The summed E-state index contributed by atoms with van der Waals surface area (Å²) in [5, 5.41) is 4.86. The van der Waals surface area contributed by atoms with Gasteiger partial charge in [0.2, 0.25) is 0 Å². The van der Waals surface area contributed by atoms with Crippen LogP contribution in [0.15, 0.2) is 64.2 Å². The van der Waals surface area contributed by atoms with Gasteiger partial charge >= 0.3 is 0 Å². The molecule has 0 saturated heterocycles. The molecule has 3 rings (SSSR count). The molecule has 0 N–H and O–H groups in total. The van der Waals surface area contributed by atoms with Gasteiger partial charge in [-0.15, -0.1) is 0 Å². The molecule has 1 heterocycles. The highest BCUT2D eigenvalue weighted by Crippen LogP contribution is 2.36. The quantitative estimate of drug-likeness (QED) is 0.656. The van der Waals surface area contributed by atoms with E-state index in [1.165, 1.54) is 6.26 Å². The fraction of sp³-hybridized carbons (Fsp3) is 0.0588. The fourth-order valence-corrected chi connectivity index (χ4v) is 3.88. The molecule has 0 spiro atoms. The van der Waals surface area contributed by atoms with Crippen LogP contribution in [0.1, 0.15) is 0 Å². The largest absolute Gasteiger partial charge is 0.224 e. The van der Waals surface area contributed by atoms with Gasteiger partial charge in [-0.1, -0.05) is 35.9 Å². The van der Waals surface area contributed by atoms with Crippen molar-refractivity contribution in [1.29, 1.82) is 0 Å². The molecule has 3 aromatic rings. The number of hydrogen-bond donors (Lipinski definition) is 0. The van der Waals surface area contributed by atoms with Gasteiger partial charge in [0, 0.05) is 22.4 Å². The summed E-state index contributed by atoms with van der Waals surface area (Å²) in [6.45, 7) is 0. The van der Waals surface area contributed by atoms with Gasteiger partial charge in [-0.25, -0.2) is 8.42 Å². The van der Waals surface area contributed by atoms with Gasteiger partial charge in [0.25, 0.3) is 0 Å². The van der Waals surface area contributed by atoms with Crippen molar-refractivity contribution in [1.82, 2.24) is 0 Å². The number of benzene rings is 2. The van der Waals surface area contributed by atoms with Crippen LogP contribution in [0, 0.1) is 0 Å². The van der Waals surface area contributed by atoms with E-state index in [2.05, 4.69) is 10.8 Å². The number of thiophene rings is 1. The first-order valence-corrected chi connectivity index (χ1v) is 9.79. The van der Waals surface area contributed by atoms with Gasteiger partial charge in [0.15, 0.2) is 9.84 Å². The van der Waals surface area contributed by atoms with E-state index >= 15 is 0 Å². The summed E-state index contributed by atoms with van der Waals surface area (Å²) in [7, 11) is -3.17. The molecular weight excluding hydrogens is 336 g/mol. The summed E-state index contributed by atoms with van der Waals surface area (Å²) in [6, 6.07) is 14.7. The first kappa shape index (κ1) is 15.3. The lowest BCUT2D eigenvalue weighted by Gasteiger charge is -2.06. The van der Waals surface area contributed by atoms with Crippen LogP contribution in [0.25, 0.3) is 22.3 Å². The van der Waals surface area contributed by atoms with Gasteiger partial charge in [0.1, 0.15) is 0 Å². The summed E-state index contributed by atoms with van der Waals surface area (Å²) in [5.41, 5.74) is 4.30. The Hall–Kier alpha value is -1.62. The zero-order valence-electron chi connectivity index (χ0n) is 11.8. The average molecular weight is 349 g/mol. The molecule has 0 aliphatic heterocycles. The van der Waals surface area contributed by atoms with Gasteiger partial charge in [-0.05, 0) is 46.2 Å². The van der Waals surface area contributed by atoms with Gasteiger partial charge < -0.3 is 0 Å². The smallest absolute Gasteiger partial charge is 0.175 e. The Kier molecular flexibility index (Phi) is 4.08. The van der Waals surface area contributed by atoms with E-state index in [0.29, 0.717) is 9.92 Å². The second-order valence-electron chi connectivity index (χ2n) is 5.00. The van der Waals surface area contributed by atoms with E-state index < -0.39 is 9.84 Å². The Labute approximate surface area is 138 Å². The van der Waals surface area contributed by atoms with Crippen molar-refractivity contribution in [3.63, 3.8) is 0 Å². The lowest BCUT2D eigenvalue weighted by atomic mass is 9.99. The minimum absolute atomic E-state index is 0.333. The van der Waals surface area contributed by atoms with Crippen molar-refractivity contribution in [2.45, 2.75) is 4.90 Å². The monoisotopic (exact) mass is 348 g/mol. The fourth-order valence-electron chi connectivity index (χ4n) is 2.26. The van der Waals surface area contributed by atoms with Crippen LogP contribution in [0.2, 0.25) is 5.02 Å². The predicted octanol–water partition coefficient (Wildman–Crippen LogP) is 5.14. The Morgan fingerprint density at radius 2 is 1.27 bits per heavy atom. The maximum atomic E-state index is 11.5. The van der Waals surface area contributed by atoms with Crippen LogP contribution in [0.5, 0.6) is 0 Å². The SMILES string of the molecule is CS(=O)(=O)c1ccc(-c2cscc2-c2ccc(Cl)cc2)cc1. The van der Waals surface area contributed by atoms with Gasteiger partial charge in [0.05, 0.1) is 4.90 Å². The second kappa shape index (κ2) is 5.88. The molecule has 1 aromatic heterocycles. The highest BCUT2D eigenvalue weighted by Gasteiger charge is 2.11.